The minimum Gasteiger partial charge on any atom is -0.308 e. The summed E-state index contributed by atoms with van der Waals surface area (Å²) in [5.41, 5.74) is 4.36. The molecule has 0 spiro atoms. The van der Waals surface area contributed by atoms with Gasteiger partial charge in [0.15, 0.2) is 5.13 Å². The molecule has 0 radical (unpaired) electrons. The predicted octanol–water partition coefficient (Wildman–Crippen LogP) is 4.52. The van der Waals surface area contributed by atoms with Crippen LogP contribution in [-0.4, -0.2) is 43.0 Å². The monoisotopic (exact) mass is 379 g/mol. The molecule has 4 nitrogen and oxygen atoms in total. The highest BCUT2D eigenvalue weighted by Crippen LogP contribution is 2.32. The summed E-state index contributed by atoms with van der Waals surface area (Å²) in [6.45, 7) is 5.54. The number of hydrogen-bond donors (Lipinski definition) is 0. The maximum Gasteiger partial charge on any atom is 0.252 e. The van der Waals surface area contributed by atoms with Gasteiger partial charge < -0.3 is 4.90 Å². The number of fused-ring (bicyclic) bond motifs is 1. The fourth-order valence-electron chi connectivity index (χ4n) is 2.90. The lowest BCUT2D eigenvalue weighted by Gasteiger charge is -2.20. The lowest BCUT2D eigenvalue weighted by Crippen LogP contribution is -2.35. The number of anilines is 1. The van der Waals surface area contributed by atoms with Gasteiger partial charge in [0.2, 0.25) is 0 Å². The van der Waals surface area contributed by atoms with E-state index in [4.69, 9.17) is 4.98 Å². The number of amides is 1. The van der Waals surface area contributed by atoms with Gasteiger partial charge in [0.05, 0.1) is 10.2 Å². The quantitative estimate of drug-likeness (QED) is 0.591. The van der Waals surface area contributed by atoms with Crippen molar-refractivity contribution in [3.05, 3.63) is 65.2 Å². The van der Waals surface area contributed by atoms with E-state index in [1.165, 1.54) is 11.1 Å². The Kier molecular flexibility index (Phi) is 6.04. The molecule has 3 aromatic rings. The summed E-state index contributed by atoms with van der Waals surface area (Å²) in [5.74, 6) is -0.0471. The van der Waals surface area contributed by atoms with E-state index in [-0.39, 0.29) is 5.91 Å². The van der Waals surface area contributed by atoms with Crippen molar-refractivity contribution in [3.63, 3.8) is 0 Å². The second-order valence-corrected chi connectivity index (χ2v) is 7.94. The third-order valence-corrected chi connectivity index (χ3v) is 5.52. The number of hydrogen-bond acceptors (Lipinski definition) is 4. The van der Waals surface area contributed by atoms with Crippen LogP contribution in [0.2, 0.25) is 0 Å². The van der Waals surface area contributed by atoms with Gasteiger partial charge in [-0.05, 0) is 56.8 Å². The van der Waals surface area contributed by atoms with Gasteiger partial charge in [-0.2, -0.15) is 0 Å². The number of aryl methyl sites for hydroxylation is 2. The molecular weight excluding hydrogens is 354 g/mol. The van der Waals surface area contributed by atoms with Gasteiger partial charge in [0.1, 0.15) is 0 Å². The molecule has 1 amide bonds. The minimum absolute atomic E-state index is 0.0471. The first-order valence-corrected chi connectivity index (χ1v) is 9.83. The highest BCUT2D eigenvalue weighted by Gasteiger charge is 2.18. The van der Waals surface area contributed by atoms with Gasteiger partial charge >= 0.3 is 0 Å². The first-order valence-electron chi connectivity index (χ1n) is 9.01. The van der Waals surface area contributed by atoms with Crippen molar-refractivity contribution < 1.29 is 4.79 Å². The Bertz CT molecular complexity index is 960. The highest BCUT2D eigenvalue weighted by atomic mass is 32.1. The van der Waals surface area contributed by atoms with E-state index in [2.05, 4.69) is 30.9 Å². The van der Waals surface area contributed by atoms with Crippen LogP contribution in [-0.2, 0) is 4.79 Å². The molecule has 0 fully saturated rings. The van der Waals surface area contributed by atoms with Crippen LogP contribution in [0.5, 0.6) is 0 Å². The maximum absolute atomic E-state index is 12.9. The van der Waals surface area contributed by atoms with E-state index < -0.39 is 0 Å². The van der Waals surface area contributed by atoms with Crippen molar-refractivity contribution in [2.45, 2.75) is 13.8 Å². The molecule has 0 atom stereocenters. The maximum atomic E-state index is 12.9. The van der Waals surface area contributed by atoms with Crippen molar-refractivity contribution in [1.82, 2.24) is 9.88 Å². The van der Waals surface area contributed by atoms with E-state index in [9.17, 15) is 4.79 Å². The fraction of sp³-hybridized carbons (Fsp3) is 0.273. The van der Waals surface area contributed by atoms with Crippen LogP contribution >= 0.6 is 11.3 Å². The Hall–Kier alpha value is -2.50. The van der Waals surface area contributed by atoms with E-state index in [0.717, 1.165) is 27.5 Å². The second-order valence-electron chi connectivity index (χ2n) is 6.96. The molecule has 2 aromatic carbocycles. The van der Waals surface area contributed by atoms with Crippen molar-refractivity contribution in [1.29, 1.82) is 0 Å². The first kappa shape index (κ1) is 19.3. The number of carbonyl (C=O) groups is 1. The SMILES string of the molecule is Cc1cc(C)c2sc(N(CCN(C)C)C(=O)/C=C/c3ccccc3)nc2c1. The van der Waals surface area contributed by atoms with E-state index >= 15 is 0 Å². The predicted molar refractivity (Wildman–Crippen MR) is 115 cm³/mol. The number of nitrogens with zero attached hydrogens (tertiary/aromatic N) is 3. The lowest BCUT2D eigenvalue weighted by atomic mass is 10.1. The zero-order chi connectivity index (χ0) is 19.4. The summed E-state index contributed by atoms with van der Waals surface area (Å²) in [6.07, 6.45) is 3.49. The van der Waals surface area contributed by atoms with Gasteiger partial charge in [0.25, 0.3) is 5.91 Å². The molecule has 0 aliphatic carbocycles. The van der Waals surface area contributed by atoms with Crippen molar-refractivity contribution in [2.24, 2.45) is 0 Å². The molecule has 140 valence electrons. The number of likely N-dealkylation sites (N-methyl/N-ethyl adjacent to an activating group) is 1. The number of carbonyl (C=O) groups excluding carboxylic acids is 1. The minimum atomic E-state index is -0.0471. The van der Waals surface area contributed by atoms with Crippen LogP contribution in [0.1, 0.15) is 16.7 Å². The average molecular weight is 380 g/mol. The number of aromatic nitrogens is 1. The zero-order valence-electron chi connectivity index (χ0n) is 16.3. The standard InChI is InChI=1S/C22H25N3OS/c1-16-14-17(2)21-19(15-16)23-22(27-21)25(13-12-24(3)4)20(26)11-10-18-8-6-5-7-9-18/h5-11,14-15H,12-13H2,1-4H3/b11-10+. The van der Waals surface area contributed by atoms with Crippen LogP contribution in [0.3, 0.4) is 0 Å². The van der Waals surface area contributed by atoms with Crippen LogP contribution in [0.15, 0.2) is 48.5 Å². The normalized spacial score (nSPS) is 11.6. The molecular formula is C22H25N3OS. The van der Waals surface area contributed by atoms with E-state index in [0.29, 0.717) is 6.54 Å². The van der Waals surface area contributed by atoms with Crippen molar-refractivity contribution in [3.8, 4) is 0 Å². The lowest BCUT2D eigenvalue weighted by molar-refractivity contribution is -0.114. The molecule has 5 heteroatoms. The summed E-state index contributed by atoms with van der Waals surface area (Å²) in [4.78, 5) is 21.6. The molecule has 0 unspecified atom stereocenters. The van der Waals surface area contributed by atoms with Crippen LogP contribution < -0.4 is 4.90 Å². The molecule has 0 aliphatic rings. The van der Waals surface area contributed by atoms with Crippen molar-refractivity contribution in [2.75, 3.05) is 32.1 Å². The summed E-state index contributed by atoms with van der Waals surface area (Å²) < 4.78 is 1.14. The molecule has 3 rings (SSSR count). The van der Waals surface area contributed by atoms with Gasteiger partial charge in [0, 0.05) is 19.2 Å². The second kappa shape index (κ2) is 8.46. The van der Waals surface area contributed by atoms with Crippen molar-refractivity contribution >= 4 is 38.7 Å². The Balaban J connectivity index is 1.92. The summed E-state index contributed by atoms with van der Waals surface area (Å²) >= 11 is 1.58. The summed E-state index contributed by atoms with van der Waals surface area (Å²) in [5, 5.41) is 0.753. The van der Waals surface area contributed by atoms with E-state index in [1.807, 2.05) is 50.5 Å². The summed E-state index contributed by atoms with van der Waals surface area (Å²) in [6, 6.07) is 14.1. The number of rotatable bonds is 6. The Morgan fingerprint density at radius 1 is 1.11 bits per heavy atom. The number of thiazole rings is 1. The topological polar surface area (TPSA) is 36.4 Å². The van der Waals surface area contributed by atoms with E-state index in [1.54, 1.807) is 22.3 Å². The first-order chi connectivity index (χ1) is 12.9. The smallest absolute Gasteiger partial charge is 0.252 e. The van der Waals surface area contributed by atoms with Crippen LogP contribution in [0.4, 0.5) is 5.13 Å². The van der Waals surface area contributed by atoms with Gasteiger partial charge in [-0.25, -0.2) is 4.98 Å². The fourth-order valence-corrected chi connectivity index (χ4v) is 3.95. The molecule has 1 aromatic heterocycles. The molecule has 0 saturated carbocycles. The van der Waals surface area contributed by atoms with Gasteiger partial charge in [-0.15, -0.1) is 0 Å². The molecule has 0 saturated heterocycles. The molecule has 0 bridgehead atoms. The Morgan fingerprint density at radius 3 is 2.56 bits per heavy atom. The van der Waals surface area contributed by atoms with Gasteiger partial charge in [-0.1, -0.05) is 47.7 Å². The Morgan fingerprint density at radius 2 is 1.85 bits per heavy atom. The molecule has 0 aliphatic heterocycles. The average Bonchev–Trinajstić information content (AvgIpc) is 3.04. The molecule has 0 N–H and O–H groups in total. The summed E-state index contributed by atoms with van der Waals surface area (Å²) in [7, 11) is 4.02. The Labute approximate surface area is 164 Å². The third-order valence-electron chi connectivity index (χ3n) is 4.29. The number of benzene rings is 2. The molecule has 1 heterocycles. The van der Waals surface area contributed by atoms with Crippen LogP contribution in [0, 0.1) is 13.8 Å². The van der Waals surface area contributed by atoms with Crippen LogP contribution in [0.25, 0.3) is 16.3 Å². The highest BCUT2D eigenvalue weighted by molar-refractivity contribution is 7.22. The largest absolute Gasteiger partial charge is 0.308 e. The van der Waals surface area contributed by atoms with Gasteiger partial charge in [-0.3, -0.25) is 9.69 Å². The molecule has 27 heavy (non-hydrogen) atoms. The third kappa shape index (κ3) is 4.81. The zero-order valence-corrected chi connectivity index (χ0v) is 17.1.